The van der Waals surface area contributed by atoms with Gasteiger partial charge in [-0.25, -0.2) is 9.69 Å². The summed E-state index contributed by atoms with van der Waals surface area (Å²) in [4.78, 5) is 37.9. The van der Waals surface area contributed by atoms with Crippen LogP contribution >= 0.6 is 22.6 Å². The molecular formula is C17H13IN2O4. The fourth-order valence-corrected chi connectivity index (χ4v) is 2.95. The molecule has 0 radical (unpaired) electrons. The summed E-state index contributed by atoms with van der Waals surface area (Å²) in [5.41, 5.74) is 2.09. The van der Waals surface area contributed by atoms with Crippen molar-refractivity contribution in [1.29, 1.82) is 0 Å². The van der Waals surface area contributed by atoms with Gasteiger partial charge in [0.2, 0.25) is 0 Å². The van der Waals surface area contributed by atoms with Gasteiger partial charge in [0.15, 0.2) is 3.77 Å². The Hall–Kier alpha value is -2.42. The number of halogens is 1. The molecule has 1 aromatic heterocycles. The van der Waals surface area contributed by atoms with Crippen molar-refractivity contribution in [2.45, 2.75) is 13.8 Å². The zero-order valence-corrected chi connectivity index (χ0v) is 15.1. The number of imide groups is 2. The largest absolute Gasteiger partial charge is 0.451 e. The smallest absolute Gasteiger partial charge is 0.335 e. The molecule has 0 unspecified atom stereocenters. The van der Waals surface area contributed by atoms with Crippen molar-refractivity contribution in [1.82, 2.24) is 5.32 Å². The average Bonchev–Trinajstić information content (AvgIpc) is 2.87. The van der Waals surface area contributed by atoms with E-state index >= 15 is 0 Å². The van der Waals surface area contributed by atoms with Crippen LogP contribution in [0.1, 0.15) is 16.9 Å². The summed E-state index contributed by atoms with van der Waals surface area (Å²) in [5, 5.41) is 2.19. The lowest BCUT2D eigenvalue weighted by molar-refractivity contribution is -0.122. The first kappa shape index (κ1) is 16.4. The molecule has 4 amide bonds. The molecule has 2 aromatic rings. The summed E-state index contributed by atoms with van der Waals surface area (Å²) in [5.74, 6) is -1.05. The molecule has 1 saturated heterocycles. The molecule has 6 nitrogen and oxygen atoms in total. The molecule has 0 saturated carbocycles. The van der Waals surface area contributed by atoms with Gasteiger partial charge in [0.05, 0.1) is 5.69 Å². The van der Waals surface area contributed by atoms with Crippen LogP contribution < -0.4 is 10.2 Å². The van der Waals surface area contributed by atoms with Gasteiger partial charge in [-0.05, 0) is 77.9 Å². The molecule has 122 valence electrons. The highest BCUT2D eigenvalue weighted by Crippen LogP contribution is 2.24. The van der Waals surface area contributed by atoms with E-state index in [4.69, 9.17) is 4.42 Å². The highest BCUT2D eigenvalue weighted by atomic mass is 127. The van der Waals surface area contributed by atoms with Crippen LogP contribution in [0.4, 0.5) is 10.5 Å². The van der Waals surface area contributed by atoms with E-state index in [0.717, 1.165) is 16.0 Å². The Morgan fingerprint density at radius 3 is 2.33 bits per heavy atom. The summed E-state index contributed by atoms with van der Waals surface area (Å²) in [6.45, 7) is 3.74. The lowest BCUT2D eigenvalue weighted by atomic mass is 10.1. The second kappa shape index (κ2) is 6.23. The van der Waals surface area contributed by atoms with Gasteiger partial charge < -0.3 is 4.42 Å². The zero-order valence-electron chi connectivity index (χ0n) is 12.9. The molecule has 1 aromatic carbocycles. The van der Waals surface area contributed by atoms with Gasteiger partial charge in [-0.2, -0.15) is 0 Å². The molecule has 0 spiro atoms. The number of hydrogen-bond donors (Lipinski definition) is 1. The Balaban J connectivity index is 2.04. The molecule has 24 heavy (non-hydrogen) atoms. The van der Waals surface area contributed by atoms with Crippen molar-refractivity contribution in [3.8, 4) is 0 Å². The number of urea groups is 1. The topological polar surface area (TPSA) is 79.6 Å². The maximum atomic E-state index is 12.7. The van der Waals surface area contributed by atoms with Crippen molar-refractivity contribution in [3.05, 3.63) is 56.6 Å². The van der Waals surface area contributed by atoms with E-state index in [1.54, 1.807) is 24.3 Å². The van der Waals surface area contributed by atoms with E-state index in [2.05, 4.69) is 5.32 Å². The van der Waals surface area contributed by atoms with Gasteiger partial charge in [-0.15, -0.1) is 0 Å². The van der Waals surface area contributed by atoms with Gasteiger partial charge in [0.1, 0.15) is 11.3 Å². The second-order valence-corrected chi connectivity index (χ2v) is 6.51. The number of benzene rings is 1. The first-order chi connectivity index (χ1) is 11.3. The van der Waals surface area contributed by atoms with Gasteiger partial charge in [-0.3, -0.25) is 14.9 Å². The molecule has 3 rings (SSSR count). The Kier molecular flexibility index (Phi) is 4.27. The zero-order chi connectivity index (χ0) is 17.4. The minimum absolute atomic E-state index is 0.153. The van der Waals surface area contributed by atoms with Gasteiger partial charge >= 0.3 is 6.03 Å². The van der Waals surface area contributed by atoms with Crippen LogP contribution in [0.3, 0.4) is 0 Å². The summed E-state index contributed by atoms with van der Waals surface area (Å²) in [6, 6.07) is 7.96. The average molecular weight is 436 g/mol. The van der Waals surface area contributed by atoms with Crippen LogP contribution in [0.25, 0.3) is 6.08 Å². The lowest BCUT2D eigenvalue weighted by Crippen LogP contribution is -2.54. The van der Waals surface area contributed by atoms with E-state index in [1.165, 1.54) is 6.08 Å². The molecule has 0 aliphatic carbocycles. The van der Waals surface area contributed by atoms with E-state index in [-0.39, 0.29) is 5.57 Å². The van der Waals surface area contributed by atoms with Crippen LogP contribution in [-0.4, -0.2) is 17.8 Å². The van der Waals surface area contributed by atoms with Gasteiger partial charge in [-0.1, -0.05) is 6.07 Å². The molecule has 1 aliphatic heterocycles. The van der Waals surface area contributed by atoms with Crippen LogP contribution in [0.15, 0.2) is 40.3 Å². The Bertz CT molecular complexity index is 877. The quantitative estimate of drug-likeness (QED) is 0.446. The summed E-state index contributed by atoms with van der Waals surface area (Å²) < 4.78 is 5.99. The first-order valence-corrected chi connectivity index (χ1v) is 8.18. The number of rotatable bonds is 2. The highest BCUT2D eigenvalue weighted by Gasteiger charge is 2.37. The number of nitrogens with one attached hydrogen (secondary N) is 1. The molecule has 0 bridgehead atoms. The molecular weight excluding hydrogens is 423 g/mol. The van der Waals surface area contributed by atoms with Crippen molar-refractivity contribution >= 4 is 52.2 Å². The molecule has 1 N–H and O–H groups in total. The monoisotopic (exact) mass is 436 g/mol. The molecule has 1 fully saturated rings. The number of hydrogen-bond acceptors (Lipinski definition) is 4. The first-order valence-electron chi connectivity index (χ1n) is 7.10. The van der Waals surface area contributed by atoms with Crippen molar-refractivity contribution in [2.75, 3.05) is 4.90 Å². The lowest BCUT2D eigenvalue weighted by Gasteiger charge is -2.26. The number of anilines is 1. The van der Waals surface area contributed by atoms with Crippen LogP contribution in [0, 0.1) is 17.6 Å². The van der Waals surface area contributed by atoms with E-state index < -0.39 is 17.8 Å². The van der Waals surface area contributed by atoms with Crippen molar-refractivity contribution < 1.29 is 18.8 Å². The second-order valence-electron chi connectivity index (χ2n) is 5.45. The maximum absolute atomic E-state index is 12.7. The number of furan rings is 1. The third-order valence-electron chi connectivity index (χ3n) is 3.45. The SMILES string of the molecule is Cc1cc(C)cc(N2C(=O)NC(=O)C(=Cc3ccc(I)o3)C2=O)c1. The van der Waals surface area contributed by atoms with E-state index in [9.17, 15) is 14.4 Å². The van der Waals surface area contributed by atoms with Crippen LogP contribution in [0.5, 0.6) is 0 Å². The Morgan fingerprint density at radius 1 is 1.08 bits per heavy atom. The summed E-state index contributed by atoms with van der Waals surface area (Å²) >= 11 is 1.98. The van der Waals surface area contributed by atoms with Crippen LogP contribution in [-0.2, 0) is 9.59 Å². The van der Waals surface area contributed by atoms with Gasteiger partial charge in [0, 0.05) is 0 Å². The number of aryl methyl sites for hydroxylation is 2. The standard InChI is InChI=1S/C17H13IN2O4/c1-9-5-10(2)7-11(6-9)20-16(22)13(15(21)19-17(20)23)8-12-3-4-14(18)24-12/h3-8H,1-2H3,(H,19,21,23). The maximum Gasteiger partial charge on any atom is 0.335 e. The van der Waals surface area contributed by atoms with Crippen LogP contribution in [0.2, 0.25) is 0 Å². The number of amides is 4. The normalized spacial score (nSPS) is 16.7. The number of carbonyl (C=O) groups excluding carboxylic acids is 3. The Labute approximate surface area is 151 Å². The number of nitrogens with zero attached hydrogens (tertiary/aromatic N) is 1. The number of carbonyl (C=O) groups is 3. The third-order valence-corrected chi connectivity index (χ3v) is 4.03. The fourth-order valence-electron chi connectivity index (χ4n) is 2.52. The predicted molar refractivity (Wildman–Crippen MR) is 96.3 cm³/mol. The van der Waals surface area contributed by atoms with Crippen molar-refractivity contribution in [3.63, 3.8) is 0 Å². The third kappa shape index (κ3) is 3.12. The minimum atomic E-state index is -0.763. The van der Waals surface area contributed by atoms with E-state index in [0.29, 0.717) is 15.2 Å². The molecule has 7 heteroatoms. The molecule has 2 heterocycles. The molecule has 0 atom stereocenters. The summed E-state index contributed by atoms with van der Waals surface area (Å²) in [6.07, 6.45) is 1.34. The molecule has 1 aliphatic rings. The summed E-state index contributed by atoms with van der Waals surface area (Å²) in [7, 11) is 0. The Morgan fingerprint density at radius 2 is 1.75 bits per heavy atom. The highest BCUT2D eigenvalue weighted by molar-refractivity contribution is 14.1. The van der Waals surface area contributed by atoms with Gasteiger partial charge in [0.25, 0.3) is 11.8 Å². The number of barbiturate groups is 1. The van der Waals surface area contributed by atoms with E-state index in [1.807, 2.05) is 42.5 Å². The predicted octanol–water partition coefficient (Wildman–Crippen LogP) is 3.17. The fraction of sp³-hybridized carbons (Fsp3) is 0.118. The minimum Gasteiger partial charge on any atom is -0.451 e. The van der Waals surface area contributed by atoms with Crippen molar-refractivity contribution in [2.24, 2.45) is 0 Å².